The molecule has 0 aliphatic carbocycles. The summed E-state index contributed by atoms with van der Waals surface area (Å²) < 4.78 is 29.0. The van der Waals surface area contributed by atoms with E-state index in [1.54, 1.807) is 24.3 Å². The molecule has 4 aromatic rings. The van der Waals surface area contributed by atoms with E-state index in [2.05, 4.69) is 10.3 Å². The molecule has 0 aliphatic heterocycles. The van der Waals surface area contributed by atoms with E-state index >= 15 is 0 Å². The highest BCUT2D eigenvalue weighted by Crippen LogP contribution is 2.24. The Kier molecular flexibility index (Phi) is 6.05. The Balaban J connectivity index is 1.68. The van der Waals surface area contributed by atoms with Crippen molar-refractivity contribution in [3.8, 4) is 5.69 Å². The van der Waals surface area contributed by atoms with E-state index in [1.165, 1.54) is 6.07 Å². The van der Waals surface area contributed by atoms with Gasteiger partial charge in [0, 0.05) is 11.8 Å². The summed E-state index contributed by atoms with van der Waals surface area (Å²) in [5.74, 6) is -2.01. The van der Waals surface area contributed by atoms with Crippen molar-refractivity contribution < 1.29 is 13.6 Å². The lowest BCUT2D eigenvalue weighted by molar-refractivity contribution is -0.113. The highest BCUT2D eigenvalue weighted by atomic mass is 32.2. The van der Waals surface area contributed by atoms with E-state index < -0.39 is 17.2 Å². The molecule has 0 saturated heterocycles. The summed E-state index contributed by atoms with van der Waals surface area (Å²) in [4.78, 5) is 30.1. The molecular formula is C24H19F2N3O2S. The first kappa shape index (κ1) is 21.7. The van der Waals surface area contributed by atoms with E-state index in [9.17, 15) is 18.4 Å². The smallest absolute Gasteiger partial charge is 0.266 e. The van der Waals surface area contributed by atoms with Crippen molar-refractivity contribution in [3.05, 3.63) is 93.8 Å². The first-order chi connectivity index (χ1) is 15.3. The van der Waals surface area contributed by atoms with Crippen LogP contribution in [-0.4, -0.2) is 21.2 Å². The summed E-state index contributed by atoms with van der Waals surface area (Å²) in [5, 5.41) is 3.24. The van der Waals surface area contributed by atoms with Gasteiger partial charge in [-0.1, -0.05) is 30.0 Å². The van der Waals surface area contributed by atoms with Crippen LogP contribution in [0.1, 0.15) is 11.1 Å². The van der Waals surface area contributed by atoms with Crippen LogP contribution in [-0.2, 0) is 4.79 Å². The van der Waals surface area contributed by atoms with E-state index in [1.807, 2.05) is 32.0 Å². The number of carbonyl (C=O) groups excluding carboxylic acids is 1. The number of nitrogens with zero attached hydrogens (tertiary/aromatic N) is 2. The Morgan fingerprint density at radius 3 is 2.56 bits per heavy atom. The lowest BCUT2D eigenvalue weighted by Gasteiger charge is -2.14. The molecule has 0 radical (unpaired) electrons. The summed E-state index contributed by atoms with van der Waals surface area (Å²) in [5.41, 5.74) is 2.61. The van der Waals surface area contributed by atoms with Crippen LogP contribution in [0.25, 0.3) is 16.6 Å². The molecule has 0 saturated carbocycles. The predicted octanol–water partition coefficient (Wildman–Crippen LogP) is 5.01. The summed E-state index contributed by atoms with van der Waals surface area (Å²) in [7, 11) is 0. The van der Waals surface area contributed by atoms with Crippen LogP contribution in [0.5, 0.6) is 0 Å². The molecule has 32 heavy (non-hydrogen) atoms. The lowest BCUT2D eigenvalue weighted by Crippen LogP contribution is -2.23. The molecule has 1 N–H and O–H groups in total. The molecule has 0 aliphatic rings. The second kappa shape index (κ2) is 8.92. The zero-order valence-corrected chi connectivity index (χ0v) is 18.2. The normalized spacial score (nSPS) is 11.0. The monoisotopic (exact) mass is 451 g/mol. The number of aryl methyl sites for hydroxylation is 2. The van der Waals surface area contributed by atoms with Gasteiger partial charge < -0.3 is 5.32 Å². The SMILES string of the molecule is Cc1ccc(NC(=O)CSc2nc3ccccc3c(=O)n2-c2ccc(F)cc2F)cc1C. The number of aromatic nitrogens is 2. The van der Waals surface area contributed by atoms with E-state index in [0.717, 1.165) is 33.5 Å². The van der Waals surface area contributed by atoms with Gasteiger partial charge in [-0.2, -0.15) is 0 Å². The van der Waals surface area contributed by atoms with Crippen molar-refractivity contribution in [2.24, 2.45) is 0 Å². The van der Waals surface area contributed by atoms with Gasteiger partial charge in [0.25, 0.3) is 5.56 Å². The van der Waals surface area contributed by atoms with Gasteiger partial charge in [0.1, 0.15) is 11.6 Å². The van der Waals surface area contributed by atoms with Gasteiger partial charge in [-0.3, -0.25) is 14.2 Å². The van der Waals surface area contributed by atoms with Gasteiger partial charge in [-0.15, -0.1) is 0 Å². The third kappa shape index (κ3) is 4.40. The number of nitrogens with one attached hydrogen (secondary N) is 1. The fourth-order valence-electron chi connectivity index (χ4n) is 3.23. The molecule has 1 aromatic heterocycles. The average molecular weight is 451 g/mol. The molecule has 0 spiro atoms. The minimum atomic E-state index is -0.898. The number of hydrogen-bond donors (Lipinski definition) is 1. The number of para-hydroxylation sites is 1. The standard InChI is InChI=1S/C24H19F2N3O2S/c1-14-7-9-17(11-15(14)2)27-22(30)13-32-24-28-20-6-4-3-5-18(20)23(31)29(24)21-10-8-16(25)12-19(21)26/h3-12H,13H2,1-2H3,(H,27,30). The maximum Gasteiger partial charge on any atom is 0.266 e. The van der Waals surface area contributed by atoms with Gasteiger partial charge >= 0.3 is 0 Å². The Hall–Kier alpha value is -3.52. The van der Waals surface area contributed by atoms with Crippen LogP contribution in [0, 0.1) is 25.5 Å². The highest BCUT2D eigenvalue weighted by Gasteiger charge is 2.18. The number of amides is 1. The maximum atomic E-state index is 14.5. The van der Waals surface area contributed by atoms with Crippen molar-refractivity contribution in [2.75, 3.05) is 11.1 Å². The molecule has 4 rings (SSSR count). The van der Waals surface area contributed by atoms with E-state index in [-0.39, 0.29) is 22.5 Å². The maximum absolute atomic E-state index is 14.5. The molecule has 3 aromatic carbocycles. The Morgan fingerprint density at radius 1 is 1.03 bits per heavy atom. The van der Waals surface area contributed by atoms with Crippen LogP contribution in [0.3, 0.4) is 0 Å². The van der Waals surface area contributed by atoms with Crippen molar-refractivity contribution in [3.63, 3.8) is 0 Å². The molecule has 0 unspecified atom stereocenters. The fraction of sp³-hybridized carbons (Fsp3) is 0.125. The van der Waals surface area contributed by atoms with Crippen LogP contribution in [0.4, 0.5) is 14.5 Å². The van der Waals surface area contributed by atoms with Gasteiger partial charge in [0.2, 0.25) is 5.91 Å². The predicted molar refractivity (Wildman–Crippen MR) is 123 cm³/mol. The molecule has 0 atom stereocenters. The third-order valence-corrected chi connectivity index (χ3v) is 5.96. The fourth-order valence-corrected chi connectivity index (χ4v) is 4.04. The van der Waals surface area contributed by atoms with E-state index in [4.69, 9.17) is 0 Å². The average Bonchev–Trinajstić information content (AvgIpc) is 2.76. The van der Waals surface area contributed by atoms with E-state index in [0.29, 0.717) is 22.7 Å². The first-order valence-corrected chi connectivity index (χ1v) is 10.8. The molecular weight excluding hydrogens is 432 g/mol. The second-order valence-corrected chi connectivity index (χ2v) is 8.23. The van der Waals surface area contributed by atoms with Crippen LogP contribution in [0.15, 0.2) is 70.6 Å². The number of carbonyl (C=O) groups is 1. The minimum absolute atomic E-state index is 0.0550. The van der Waals surface area contributed by atoms with Crippen LogP contribution in [0.2, 0.25) is 0 Å². The second-order valence-electron chi connectivity index (χ2n) is 7.28. The topological polar surface area (TPSA) is 64.0 Å². The lowest BCUT2D eigenvalue weighted by atomic mass is 10.1. The number of fused-ring (bicyclic) bond motifs is 1. The summed E-state index contributed by atoms with van der Waals surface area (Å²) in [6.45, 7) is 3.94. The van der Waals surface area contributed by atoms with Crippen molar-refractivity contribution in [2.45, 2.75) is 19.0 Å². The van der Waals surface area contributed by atoms with Gasteiger partial charge in [0.15, 0.2) is 5.16 Å². The van der Waals surface area contributed by atoms with Crippen molar-refractivity contribution in [1.82, 2.24) is 9.55 Å². The number of hydrogen-bond acceptors (Lipinski definition) is 4. The molecule has 162 valence electrons. The molecule has 8 heteroatoms. The number of anilines is 1. The number of halogens is 2. The highest BCUT2D eigenvalue weighted by molar-refractivity contribution is 7.99. The van der Waals surface area contributed by atoms with Gasteiger partial charge in [-0.05, 0) is 61.4 Å². The van der Waals surface area contributed by atoms with Gasteiger partial charge in [-0.25, -0.2) is 13.8 Å². The zero-order chi connectivity index (χ0) is 22.8. The molecule has 0 fully saturated rings. The quantitative estimate of drug-likeness (QED) is 0.342. The Bertz CT molecular complexity index is 1400. The third-order valence-electron chi connectivity index (χ3n) is 5.02. The van der Waals surface area contributed by atoms with Gasteiger partial charge in [0.05, 0.1) is 22.3 Å². The molecule has 1 amide bonds. The number of rotatable bonds is 5. The number of benzene rings is 3. The van der Waals surface area contributed by atoms with Crippen molar-refractivity contribution >= 4 is 34.3 Å². The minimum Gasteiger partial charge on any atom is -0.325 e. The van der Waals surface area contributed by atoms with Crippen LogP contribution >= 0.6 is 11.8 Å². The molecule has 1 heterocycles. The first-order valence-electron chi connectivity index (χ1n) is 9.80. The Morgan fingerprint density at radius 2 is 1.81 bits per heavy atom. The molecule has 0 bridgehead atoms. The summed E-state index contributed by atoms with van der Waals surface area (Å²) >= 11 is 0.998. The summed E-state index contributed by atoms with van der Waals surface area (Å²) in [6, 6.07) is 15.2. The largest absolute Gasteiger partial charge is 0.325 e. The zero-order valence-electron chi connectivity index (χ0n) is 17.4. The van der Waals surface area contributed by atoms with Crippen LogP contribution < -0.4 is 10.9 Å². The Labute approximate surface area is 187 Å². The number of thioether (sulfide) groups is 1. The summed E-state index contributed by atoms with van der Waals surface area (Å²) in [6.07, 6.45) is 0. The molecule has 5 nitrogen and oxygen atoms in total. The van der Waals surface area contributed by atoms with Crippen molar-refractivity contribution in [1.29, 1.82) is 0 Å².